The quantitative estimate of drug-likeness (QED) is 0.155. The minimum atomic E-state index is 1.11. The summed E-state index contributed by atoms with van der Waals surface area (Å²) in [4.78, 5) is 2.43. The highest BCUT2D eigenvalue weighted by Gasteiger charge is 2.20. The second-order valence-corrected chi connectivity index (χ2v) is 17.8. The fraction of sp³-hybridized carbons (Fsp3) is 0. The van der Waals surface area contributed by atoms with Crippen LogP contribution in [0.25, 0.3) is 95.6 Å². The highest BCUT2D eigenvalue weighted by atomic mass is 32.1. The Bertz CT molecular complexity index is 3560. The van der Waals surface area contributed by atoms with Gasteiger partial charge < -0.3 is 4.90 Å². The lowest BCUT2D eigenvalue weighted by Crippen LogP contribution is -2.10. The van der Waals surface area contributed by atoms with Crippen LogP contribution in [0.15, 0.2) is 224 Å². The molecule has 12 aromatic rings. The highest BCUT2D eigenvalue weighted by Crippen LogP contribution is 2.47. The van der Waals surface area contributed by atoms with Crippen LogP contribution in [0.4, 0.5) is 17.1 Å². The van der Waals surface area contributed by atoms with Crippen molar-refractivity contribution in [3.63, 3.8) is 0 Å². The SMILES string of the molecule is c1ccc(-c2cccc3c2sc2c(N(c4ccc(-c5ccc(-c6ccc7sc8ccccc8c7c6)cc5)cc4)c4ccc(-c5cccc6ccccc56)cc4)cccc23)cc1. The van der Waals surface area contributed by atoms with E-state index in [0.29, 0.717) is 0 Å². The van der Waals surface area contributed by atoms with Crippen molar-refractivity contribution in [3.05, 3.63) is 224 Å². The van der Waals surface area contributed by atoms with Crippen molar-refractivity contribution in [2.75, 3.05) is 4.90 Å². The first kappa shape index (κ1) is 35.6. The number of thiophene rings is 2. The summed E-state index contributed by atoms with van der Waals surface area (Å²) in [6.07, 6.45) is 0. The molecule has 10 aromatic carbocycles. The average Bonchev–Trinajstić information content (AvgIpc) is 3.91. The smallest absolute Gasteiger partial charge is 0.0640 e. The summed E-state index contributed by atoms with van der Waals surface area (Å²) in [5.74, 6) is 0. The van der Waals surface area contributed by atoms with Gasteiger partial charge in [0.15, 0.2) is 0 Å². The number of nitrogens with zero attached hydrogens (tertiary/aromatic N) is 1. The first-order valence-electron chi connectivity index (χ1n) is 20.7. The van der Waals surface area contributed by atoms with Crippen LogP contribution in [-0.2, 0) is 0 Å². The van der Waals surface area contributed by atoms with Gasteiger partial charge >= 0.3 is 0 Å². The summed E-state index contributed by atoms with van der Waals surface area (Å²) >= 11 is 3.75. The van der Waals surface area contributed by atoms with Crippen molar-refractivity contribution in [1.29, 1.82) is 0 Å². The van der Waals surface area contributed by atoms with Crippen molar-refractivity contribution >= 4 is 90.9 Å². The molecule has 0 saturated carbocycles. The Kier molecular flexibility index (Phi) is 8.62. The van der Waals surface area contributed by atoms with Gasteiger partial charge in [0, 0.05) is 47.0 Å². The van der Waals surface area contributed by atoms with E-state index in [1.54, 1.807) is 0 Å². The molecule has 0 N–H and O–H groups in total. The molecule has 0 aliphatic heterocycles. The first-order valence-corrected chi connectivity index (χ1v) is 22.4. The van der Waals surface area contributed by atoms with Crippen LogP contribution in [0, 0.1) is 0 Å². The van der Waals surface area contributed by atoms with Crippen molar-refractivity contribution in [2.24, 2.45) is 0 Å². The van der Waals surface area contributed by atoms with E-state index in [-0.39, 0.29) is 0 Å². The Hall–Kier alpha value is -7.30. The molecule has 3 heteroatoms. The van der Waals surface area contributed by atoms with E-state index in [9.17, 15) is 0 Å². The third-order valence-corrected chi connectivity index (χ3v) is 14.5. The van der Waals surface area contributed by atoms with Gasteiger partial charge in [0.1, 0.15) is 0 Å². The van der Waals surface area contributed by atoms with E-state index in [2.05, 4.69) is 229 Å². The molecule has 0 atom stereocenters. The standard InChI is InChI=1S/C58H37NS2/c1-2-11-42(12-3-1)49-18-9-19-51-52-20-10-21-54(58(52)61-57(49)51)59(46-34-29-43(30-35-46)48-17-8-14-41-13-4-5-15-47(41)48)45-32-27-39(28-33-45)38-23-25-40(26-24-38)44-31-36-56-53(37-44)50-16-6-7-22-55(50)60-56/h1-37H. The number of hydrogen-bond donors (Lipinski definition) is 0. The van der Waals surface area contributed by atoms with Crippen molar-refractivity contribution < 1.29 is 0 Å². The maximum absolute atomic E-state index is 2.43. The van der Waals surface area contributed by atoms with Gasteiger partial charge in [-0.1, -0.05) is 176 Å². The molecule has 0 saturated heterocycles. The molecule has 0 unspecified atom stereocenters. The Balaban J connectivity index is 0.943. The van der Waals surface area contributed by atoms with Crippen LogP contribution in [-0.4, -0.2) is 0 Å². The molecular formula is C58H37NS2. The van der Waals surface area contributed by atoms with Gasteiger partial charge in [0.05, 0.1) is 10.4 Å². The lowest BCUT2D eigenvalue weighted by Gasteiger charge is -2.26. The van der Waals surface area contributed by atoms with Crippen LogP contribution in [0.5, 0.6) is 0 Å². The molecular weight excluding hydrogens is 775 g/mol. The molecule has 0 bridgehead atoms. The molecule has 1 nitrogen and oxygen atoms in total. The summed E-state index contributed by atoms with van der Waals surface area (Å²) < 4.78 is 5.25. The monoisotopic (exact) mass is 811 g/mol. The van der Waals surface area contributed by atoms with E-state index in [1.807, 2.05) is 22.7 Å². The molecule has 0 aliphatic carbocycles. The maximum Gasteiger partial charge on any atom is 0.0640 e. The maximum atomic E-state index is 2.43. The van der Waals surface area contributed by atoms with Crippen LogP contribution in [0.1, 0.15) is 0 Å². The Morgan fingerprint density at radius 1 is 0.279 bits per heavy atom. The molecule has 286 valence electrons. The lowest BCUT2D eigenvalue weighted by molar-refractivity contribution is 1.30. The summed E-state index contributed by atoms with van der Waals surface area (Å²) in [7, 11) is 0. The van der Waals surface area contributed by atoms with Crippen LogP contribution >= 0.6 is 22.7 Å². The van der Waals surface area contributed by atoms with Gasteiger partial charge in [-0.15, -0.1) is 22.7 Å². The van der Waals surface area contributed by atoms with Crippen LogP contribution < -0.4 is 4.90 Å². The van der Waals surface area contributed by atoms with Crippen LogP contribution in [0.2, 0.25) is 0 Å². The molecule has 0 spiro atoms. The predicted octanol–water partition coefficient (Wildman–Crippen LogP) is 17.7. The first-order chi connectivity index (χ1) is 30.2. The Labute approximate surface area is 362 Å². The zero-order chi connectivity index (χ0) is 40.3. The minimum absolute atomic E-state index is 1.11. The zero-order valence-electron chi connectivity index (χ0n) is 33.1. The van der Waals surface area contributed by atoms with Gasteiger partial charge in [-0.05, 0) is 104 Å². The van der Waals surface area contributed by atoms with Crippen molar-refractivity contribution in [2.45, 2.75) is 0 Å². The van der Waals surface area contributed by atoms with Crippen molar-refractivity contribution in [3.8, 4) is 44.5 Å². The number of rotatable bonds is 7. The highest BCUT2D eigenvalue weighted by molar-refractivity contribution is 7.27. The summed E-state index contributed by atoms with van der Waals surface area (Å²) in [6, 6.07) is 82.3. The van der Waals surface area contributed by atoms with E-state index < -0.39 is 0 Å². The molecule has 2 heterocycles. The second kappa shape index (κ2) is 14.8. The Morgan fingerprint density at radius 2 is 0.787 bits per heavy atom. The second-order valence-electron chi connectivity index (χ2n) is 15.6. The molecule has 61 heavy (non-hydrogen) atoms. The van der Waals surface area contributed by atoms with Gasteiger partial charge in [-0.3, -0.25) is 0 Å². The summed E-state index contributed by atoms with van der Waals surface area (Å²) in [5, 5.41) is 7.73. The molecule has 0 amide bonds. The number of fused-ring (bicyclic) bond motifs is 7. The van der Waals surface area contributed by atoms with E-state index in [1.165, 1.54) is 101 Å². The van der Waals surface area contributed by atoms with E-state index >= 15 is 0 Å². The lowest BCUT2D eigenvalue weighted by atomic mass is 9.98. The van der Waals surface area contributed by atoms with E-state index in [4.69, 9.17) is 0 Å². The number of anilines is 3. The molecule has 2 aromatic heterocycles. The summed E-state index contributed by atoms with van der Waals surface area (Å²) in [6.45, 7) is 0. The fourth-order valence-electron chi connectivity index (χ4n) is 9.08. The third kappa shape index (κ3) is 6.21. The molecule has 0 radical (unpaired) electrons. The van der Waals surface area contributed by atoms with E-state index in [0.717, 1.165) is 11.4 Å². The fourth-order valence-corrected chi connectivity index (χ4v) is 11.5. The zero-order valence-corrected chi connectivity index (χ0v) is 34.8. The van der Waals surface area contributed by atoms with Gasteiger partial charge in [-0.25, -0.2) is 0 Å². The van der Waals surface area contributed by atoms with Gasteiger partial charge in [0.25, 0.3) is 0 Å². The molecule has 12 rings (SSSR count). The van der Waals surface area contributed by atoms with Crippen LogP contribution in [0.3, 0.4) is 0 Å². The average molecular weight is 812 g/mol. The van der Waals surface area contributed by atoms with Gasteiger partial charge in [-0.2, -0.15) is 0 Å². The third-order valence-electron chi connectivity index (χ3n) is 12.1. The number of benzene rings is 10. The van der Waals surface area contributed by atoms with Crippen molar-refractivity contribution in [1.82, 2.24) is 0 Å². The predicted molar refractivity (Wildman–Crippen MR) is 266 cm³/mol. The molecule has 0 aliphatic rings. The summed E-state index contributed by atoms with van der Waals surface area (Å²) in [5.41, 5.74) is 13.2. The number of hydrogen-bond acceptors (Lipinski definition) is 3. The minimum Gasteiger partial charge on any atom is -0.309 e. The Morgan fingerprint density at radius 3 is 1.56 bits per heavy atom. The van der Waals surface area contributed by atoms with Gasteiger partial charge in [0.2, 0.25) is 0 Å². The largest absolute Gasteiger partial charge is 0.309 e. The topological polar surface area (TPSA) is 3.24 Å². The molecule has 0 fully saturated rings. The normalized spacial score (nSPS) is 11.6.